The quantitative estimate of drug-likeness (QED) is 0.759. The number of Topliss-reactive ketones (excluding diaryl/α,β-unsaturated/α-hetero) is 1. The van der Waals surface area contributed by atoms with E-state index in [0.29, 0.717) is 11.1 Å². The van der Waals surface area contributed by atoms with Gasteiger partial charge >= 0.3 is 0 Å². The molecule has 0 saturated carbocycles. The van der Waals surface area contributed by atoms with Crippen molar-refractivity contribution < 1.29 is 14.3 Å². The smallest absolute Gasteiger partial charge is 0.225 e. The molecule has 4 aliphatic rings. The molecule has 0 fully saturated rings. The van der Waals surface area contributed by atoms with Gasteiger partial charge in [-0.3, -0.25) is 9.59 Å². The normalized spacial score (nSPS) is 23.5. The minimum atomic E-state index is -0.187. The van der Waals surface area contributed by atoms with Crippen molar-refractivity contribution in [3.05, 3.63) is 93.8 Å². The van der Waals surface area contributed by atoms with Crippen LogP contribution in [0.15, 0.2) is 71.5 Å². The van der Waals surface area contributed by atoms with Crippen LogP contribution < -0.4 is 0 Å². The molecular formula is C21H14O3. The van der Waals surface area contributed by atoms with E-state index in [2.05, 4.69) is 24.3 Å². The van der Waals surface area contributed by atoms with Crippen molar-refractivity contribution in [1.29, 1.82) is 0 Å². The van der Waals surface area contributed by atoms with E-state index in [4.69, 9.17) is 4.74 Å². The van der Waals surface area contributed by atoms with E-state index in [1.165, 1.54) is 13.2 Å². The van der Waals surface area contributed by atoms with E-state index in [1.807, 2.05) is 24.3 Å². The number of benzene rings is 2. The first-order chi connectivity index (χ1) is 11.7. The molecule has 0 N–H and O–H groups in total. The molecule has 4 aliphatic carbocycles. The zero-order valence-electron chi connectivity index (χ0n) is 13.1. The fourth-order valence-corrected chi connectivity index (χ4v) is 4.42. The molecule has 0 amide bonds. The number of carbonyl (C=O) groups is 2. The Bertz CT molecular complexity index is 946. The Hall–Kier alpha value is -2.94. The molecule has 116 valence electrons. The molecule has 0 unspecified atom stereocenters. The lowest BCUT2D eigenvalue weighted by molar-refractivity contribution is -0.118. The van der Waals surface area contributed by atoms with Crippen LogP contribution in [0.3, 0.4) is 0 Å². The number of hydrogen-bond acceptors (Lipinski definition) is 3. The lowest BCUT2D eigenvalue weighted by Crippen LogP contribution is -2.36. The van der Waals surface area contributed by atoms with Crippen molar-refractivity contribution in [3.8, 4) is 0 Å². The van der Waals surface area contributed by atoms with Gasteiger partial charge in [0.05, 0.1) is 7.11 Å². The minimum absolute atomic E-state index is 0.111. The second-order valence-corrected chi connectivity index (χ2v) is 6.36. The van der Waals surface area contributed by atoms with E-state index < -0.39 is 0 Å². The first-order valence-electron chi connectivity index (χ1n) is 7.98. The number of methoxy groups -OCH3 is 1. The largest absolute Gasteiger partial charge is 0.493 e. The Morgan fingerprint density at radius 3 is 1.67 bits per heavy atom. The number of ether oxygens (including phenoxy) is 1. The number of carbonyl (C=O) groups excluding carboxylic acids is 2. The summed E-state index contributed by atoms with van der Waals surface area (Å²) >= 11 is 0. The van der Waals surface area contributed by atoms with Crippen molar-refractivity contribution in [3.63, 3.8) is 0 Å². The first-order valence-corrected chi connectivity index (χ1v) is 7.98. The molecule has 0 saturated heterocycles. The molecule has 3 nitrogen and oxygen atoms in total. The van der Waals surface area contributed by atoms with Crippen molar-refractivity contribution in [2.75, 3.05) is 7.11 Å². The van der Waals surface area contributed by atoms with Crippen LogP contribution in [0.25, 0.3) is 0 Å². The average molecular weight is 314 g/mol. The maximum absolute atomic E-state index is 12.9. The molecule has 0 spiro atoms. The van der Waals surface area contributed by atoms with E-state index in [9.17, 15) is 9.59 Å². The van der Waals surface area contributed by atoms with Crippen molar-refractivity contribution in [2.24, 2.45) is 0 Å². The highest BCUT2D eigenvalue weighted by molar-refractivity contribution is 6.24. The van der Waals surface area contributed by atoms with E-state index in [1.54, 1.807) is 0 Å². The topological polar surface area (TPSA) is 43.4 Å². The van der Waals surface area contributed by atoms with Crippen LogP contribution in [-0.4, -0.2) is 18.7 Å². The summed E-state index contributed by atoms with van der Waals surface area (Å²) in [7, 11) is 1.44. The van der Waals surface area contributed by atoms with Gasteiger partial charge in [0.2, 0.25) is 5.78 Å². The monoisotopic (exact) mass is 314 g/mol. The molecule has 2 bridgehead atoms. The van der Waals surface area contributed by atoms with Gasteiger partial charge in [-0.05, 0) is 22.3 Å². The maximum atomic E-state index is 12.9. The van der Waals surface area contributed by atoms with Gasteiger partial charge in [0, 0.05) is 29.1 Å². The van der Waals surface area contributed by atoms with Gasteiger partial charge in [-0.1, -0.05) is 48.5 Å². The van der Waals surface area contributed by atoms with Crippen molar-refractivity contribution in [1.82, 2.24) is 0 Å². The van der Waals surface area contributed by atoms with E-state index in [-0.39, 0.29) is 29.2 Å². The highest BCUT2D eigenvalue weighted by Gasteiger charge is 2.48. The van der Waals surface area contributed by atoms with E-state index in [0.717, 1.165) is 22.3 Å². The zero-order chi connectivity index (χ0) is 16.4. The van der Waals surface area contributed by atoms with Gasteiger partial charge in [-0.2, -0.15) is 0 Å². The highest BCUT2D eigenvalue weighted by atomic mass is 16.5. The summed E-state index contributed by atoms with van der Waals surface area (Å²) in [4.78, 5) is 25.7. The number of allylic oxidation sites excluding steroid dienone is 3. The number of rotatable bonds is 1. The molecule has 0 aliphatic heterocycles. The Kier molecular flexibility index (Phi) is 2.55. The Morgan fingerprint density at radius 1 is 0.750 bits per heavy atom. The summed E-state index contributed by atoms with van der Waals surface area (Å²) in [5, 5.41) is 0. The predicted octanol–water partition coefficient (Wildman–Crippen LogP) is 3.26. The molecule has 0 aromatic heterocycles. The molecule has 6 rings (SSSR count). The minimum Gasteiger partial charge on any atom is -0.493 e. The molecule has 2 aromatic rings. The SMILES string of the molecule is COC1=CC(=O)C2=C(C1=O)C1c3ccccc3C2c2ccccc21. The van der Waals surface area contributed by atoms with Crippen LogP contribution in [0.5, 0.6) is 0 Å². The van der Waals surface area contributed by atoms with Crippen LogP contribution in [0.1, 0.15) is 34.1 Å². The standard InChI is InChI=1S/C21H14O3/c1-24-16-10-15(22)19-17-11-6-2-4-8-13(11)18(20(19)21(16)23)14-9-5-3-7-12(14)17/h2-10,17-18H,1H3. The van der Waals surface area contributed by atoms with E-state index >= 15 is 0 Å². The van der Waals surface area contributed by atoms with Crippen LogP contribution in [0.4, 0.5) is 0 Å². The van der Waals surface area contributed by atoms with Gasteiger partial charge in [0.25, 0.3) is 0 Å². The molecule has 0 heterocycles. The van der Waals surface area contributed by atoms with Crippen LogP contribution in [0, 0.1) is 0 Å². The molecule has 0 atom stereocenters. The lowest BCUT2D eigenvalue weighted by atomic mass is 9.58. The predicted molar refractivity (Wildman–Crippen MR) is 88.7 cm³/mol. The van der Waals surface area contributed by atoms with Crippen LogP contribution in [-0.2, 0) is 14.3 Å². The summed E-state index contributed by atoms with van der Waals surface area (Å²) in [6.45, 7) is 0. The summed E-state index contributed by atoms with van der Waals surface area (Å²) in [6, 6.07) is 16.2. The number of ketones is 2. The molecule has 0 radical (unpaired) electrons. The van der Waals surface area contributed by atoms with Crippen molar-refractivity contribution in [2.45, 2.75) is 11.8 Å². The lowest BCUT2D eigenvalue weighted by Gasteiger charge is -2.43. The highest BCUT2D eigenvalue weighted by Crippen LogP contribution is 2.57. The molecule has 3 heteroatoms. The summed E-state index contributed by atoms with van der Waals surface area (Å²) in [6.07, 6.45) is 1.34. The third-order valence-corrected chi connectivity index (χ3v) is 5.32. The zero-order valence-corrected chi connectivity index (χ0v) is 13.1. The molecule has 24 heavy (non-hydrogen) atoms. The second-order valence-electron chi connectivity index (χ2n) is 6.36. The van der Waals surface area contributed by atoms with Gasteiger partial charge in [0.15, 0.2) is 11.5 Å². The Morgan fingerprint density at radius 2 is 1.21 bits per heavy atom. The van der Waals surface area contributed by atoms with Gasteiger partial charge < -0.3 is 4.74 Å². The first kappa shape index (κ1) is 13.5. The fraction of sp³-hybridized carbons (Fsp3) is 0.143. The number of hydrogen-bond donors (Lipinski definition) is 0. The summed E-state index contributed by atoms with van der Waals surface area (Å²) in [5.41, 5.74) is 5.74. The van der Waals surface area contributed by atoms with Gasteiger partial charge in [-0.25, -0.2) is 0 Å². The fourth-order valence-electron chi connectivity index (χ4n) is 4.42. The maximum Gasteiger partial charge on any atom is 0.225 e. The third kappa shape index (κ3) is 1.47. The van der Waals surface area contributed by atoms with Gasteiger partial charge in [0.1, 0.15) is 0 Å². The van der Waals surface area contributed by atoms with Crippen LogP contribution in [0.2, 0.25) is 0 Å². The molecular weight excluding hydrogens is 300 g/mol. The average Bonchev–Trinajstić information content (AvgIpc) is 2.64. The Labute approximate surface area is 139 Å². The van der Waals surface area contributed by atoms with Gasteiger partial charge in [-0.15, -0.1) is 0 Å². The third-order valence-electron chi connectivity index (χ3n) is 5.32. The van der Waals surface area contributed by atoms with Crippen LogP contribution >= 0.6 is 0 Å². The van der Waals surface area contributed by atoms with Crippen molar-refractivity contribution >= 4 is 11.6 Å². The second kappa shape index (κ2) is 4.54. The Balaban J connectivity index is 1.86. The summed E-state index contributed by atoms with van der Waals surface area (Å²) < 4.78 is 5.16. The summed E-state index contributed by atoms with van der Waals surface area (Å²) in [5.74, 6) is -0.482. The molecule has 2 aromatic carbocycles.